The van der Waals surface area contributed by atoms with E-state index < -0.39 is 0 Å². The van der Waals surface area contributed by atoms with Gasteiger partial charge in [-0.1, -0.05) is 24.3 Å². The number of rotatable bonds is 8. The summed E-state index contributed by atoms with van der Waals surface area (Å²) in [5, 5.41) is 6.25. The third kappa shape index (κ3) is 5.75. The van der Waals surface area contributed by atoms with Crippen molar-refractivity contribution in [3.8, 4) is 5.75 Å². The second-order valence-corrected chi connectivity index (χ2v) is 4.03. The molecule has 0 unspecified atom stereocenters. The minimum Gasteiger partial charge on any atom is -0.496 e. The molecule has 20 heavy (non-hydrogen) atoms. The molecule has 0 saturated heterocycles. The average Bonchev–Trinajstić information content (AvgIpc) is 2.50. The van der Waals surface area contributed by atoms with Gasteiger partial charge in [-0.2, -0.15) is 0 Å². The topological polar surface area (TPSA) is 54.9 Å². The van der Waals surface area contributed by atoms with Crippen molar-refractivity contribution < 1.29 is 9.47 Å². The van der Waals surface area contributed by atoms with E-state index in [0.717, 1.165) is 17.3 Å². The standard InChI is InChI=1S/C15H23N3O2/c1-4-9-17-15(16-2)18-10-11-20-12-13-7-5-6-8-14(13)19-3/h4-8H,1,9-12H2,2-3H3,(H2,16,17,18). The predicted octanol–water partition coefficient (Wildman–Crippen LogP) is 1.56. The van der Waals surface area contributed by atoms with E-state index in [-0.39, 0.29) is 0 Å². The van der Waals surface area contributed by atoms with Crippen molar-refractivity contribution in [1.82, 2.24) is 10.6 Å². The lowest BCUT2D eigenvalue weighted by molar-refractivity contribution is 0.123. The van der Waals surface area contributed by atoms with Gasteiger partial charge in [0.25, 0.3) is 0 Å². The Balaban J connectivity index is 2.23. The van der Waals surface area contributed by atoms with Gasteiger partial charge >= 0.3 is 0 Å². The van der Waals surface area contributed by atoms with Gasteiger partial charge < -0.3 is 20.1 Å². The van der Waals surface area contributed by atoms with Crippen molar-refractivity contribution in [2.75, 3.05) is 33.9 Å². The Kier molecular flexibility index (Phi) is 7.91. The molecular weight excluding hydrogens is 254 g/mol. The van der Waals surface area contributed by atoms with Crippen LogP contribution in [0.15, 0.2) is 41.9 Å². The summed E-state index contributed by atoms with van der Waals surface area (Å²) in [6, 6.07) is 7.84. The SMILES string of the molecule is C=CCNC(=NC)NCCOCc1ccccc1OC. The lowest BCUT2D eigenvalue weighted by Crippen LogP contribution is -2.38. The summed E-state index contributed by atoms with van der Waals surface area (Å²) in [7, 11) is 3.39. The Bertz CT molecular complexity index is 433. The molecule has 0 amide bonds. The lowest BCUT2D eigenvalue weighted by atomic mass is 10.2. The second-order valence-electron chi connectivity index (χ2n) is 4.03. The van der Waals surface area contributed by atoms with E-state index in [1.807, 2.05) is 24.3 Å². The van der Waals surface area contributed by atoms with Gasteiger partial charge in [-0.3, -0.25) is 4.99 Å². The quantitative estimate of drug-likeness (QED) is 0.328. The number of nitrogens with one attached hydrogen (secondary N) is 2. The zero-order valence-corrected chi connectivity index (χ0v) is 12.2. The lowest BCUT2D eigenvalue weighted by Gasteiger charge is -2.11. The molecule has 0 bridgehead atoms. The molecule has 0 fully saturated rings. The van der Waals surface area contributed by atoms with E-state index in [1.54, 1.807) is 20.2 Å². The van der Waals surface area contributed by atoms with E-state index in [1.165, 1.54) is 0 Å². The van der Waals surface area contributed by atoms with Crippen LogP contribution < -0.4 is 15.4 Å². The molecule has 2 N–H and O–H groups in total. The van der Waals surface area contributed by atoms with Crippen LogP contribution in [-0.4, -0.2) is 39.8 Å². The fourth-order valence-electron chi connectivity index (χ4n) is 1.64. The van der Waals surface area contributed by atoms with Gasteiger partial charge in [0, 0.05) is 25.7 Å². The normalized spacial score (nSPS) is 11.0. The summed E-state index contributed by atoms with van der Waals surface area (Å²) in [4.78, 5) is 4.08. The monoisotopic (exact) mass is 277 g/mol. The van der Waals surface area contributed by atoms with Gasteiger partial charge in [-0.05, 0) is 6.07 Å². The van der Waals surface area contributed by atoms with Crippen molar-refractivity contribution in [2.45, 2.75) is 6.61 Å². The van der Waals surface area contributed by atoms with Crippen molar-refractivity contribution in [2.24, 2.45) is 4.99 Å². The van der Waals surface area contributed by atoms with Crippen LogP contribution >= 0.6 is 0 Å². The third-order valence-corrected chi connectivity index (χ3v) is 2.63. The fraction of sp³-hybridized carbons (Fsp3) is 0.400. The van der Waals surface area contributed by atoms with Crippen molar-refractivity contribution >= 4 is 5.96 Å². The van der Waals surface area contributed by atoms with E-state index in [0.29, 0.717) is 26.3 Å². The van der Waals surface area contributed by atoms with Crippen LogP contribution in [0.1, 0.15) is 5.56 Å². The molecule has 0 heterocycles. The minimum atomic E-state index is 0.532. The highest BCUT2D eigenvalue weighted by Gasteiger charge is 2.01. The number of methoxy groups -OCH3 is 1. The number of benzene rings is 1. The maximum absolute atomic E-state index is 5.62. The summed E-state index contributed by atoms with van der Waals surface area (Å²) in [5.41, 5.74) is 1.05. The Morgan fingerprint density at radius 3 is 2.85 bits per heavy atom. The molecular formula is C15H23N3O2. The molecule has 110 valence electrons. The van der Waals surface area contributed by atoms with Crippen molar-refractivity contribution in [3.63, 3.8) is 0 Å². The Morgan fingerprint density at radius 1 is 1.35 bits per heavy atom. The second kappa shape index (κ2) is 9.86. The minimum absolute atomic E-state index is 0.532. The van der Waals surface area contributed by atoms with Crippen LogP contribution in [0.25, 0.3) is 0 Å². The Labute approximate surface area is 120 Å². The number of aliphatic imine (C=N–C) groups is 1. The summed E-state index contributed by atoms with van der Waals surface area (Å²) in [6.07, 6.45) is 1.78. The summed E-state index contributed by atoms with van der Waals surface area (Å²) in [6.45, 7) is 6.14. The summed E-state index contributed by atoms with van der Waals surface area (Å²) < 4.78 is 10.9. The first-order chi connectivity index (χ1) is 9.81. The predicted molar refractivity (Wildman–Crippen MR) is 82.2 cm³/mol. The highest BCUT2D eigenvalue weighted by molar-refractivity contribution is 5.79. The van der Waals surface area contributed by atoms with E-state index >= 15 is 0 Å². The number of ether oxygens (including phenoxy) is 2. The Morgan fingerprint density at radius 2 is 2.15 bits per heavy atom. The molecule has 0 radical (unpaired) electrons. The molecule has 0 aliphatic heterocycles. The van der Waals surface area contributed by atoms with E-state index in [4.69, 9.17) is 9.47 Å². The molecule has 0 aliphatic carbocycles. The maximum atomic E-state index is 5.62. The van der Waals surface area contributed by atoms with Gasteiger partial charge in [-0.15, -0.1) is 6.58 Å². The highest BCUT2D eigenvalue weighted by atomic mass is 16.5. The average molecular weight is 277 g/mol. The van der Waals surface area contributed by atoms with Gasteiger partial charge in [0.1, 0.15) is 5.75 Å². The zero-order chi connectivity index (χ0) is 14.6. The molecule has 0 aromatic heterocycles. The van der Waals surface area contributed by atoms with Crippen molar-refractivity contribution in [1.29, 1.82) is 0 Å². The zero-order valence-electron chi connectivity index (χ0n) is 12.2. The van der Waals surface area contributed by atoms with Crippen LogP contribution in [0.5, 0.6) is 5.75 Å². The maximum Gasteiger partial charge on any atom is 0.191 e. The first kappa shape index (κ1) is 16.0. The number of hydrogen-bond donors (Lipinski definition) is 2. The first-order valence-corrected chi connectivity index (χ1v) is 6.57. The van der Waals surface area contributed by atoms with E-state index in [2.05, 4.69) is 22.2 Å². The first-order valence-electron chi connectivity index (χ1n) is 6.57. The molecule has 0 spiro atoms. The number of hydrogen-bond acceptors (Lipinski definition) is 3. The number of nitrogens with zero attached hydrogens (tertiary/aromatic N) is 1. The van der Waals surface area contributed by atoms with Crippen LogP contribution in [-0.2, 0) is 11.3 Å². The van der Waals surface area contributed by atoms with Gasteiger partial charge in [0.05, 0.1) is 20.3 Å². The van der Waals surface area contributed by atoms with E-state index in [9.17, 15) is 0 Å². The van der Waals surface area contributed by atoms with Gasteiger partial charge in [-0.25, -0.2) is 0 Å². The molecule has 0 atom stereocenters. The smallest absolute Gasteiger partial charge is 0.191 e. The number of guanidine groups is 1. The third-order valence-electron chi connectivity index (χ3n) is 2.63. The Hall–Kier alpha value is -2.01. The van der Waals surface area contributed by atoms with Crippen molar-refractivity contribution in [3.05, 3.63) is 42.5 Å². The largest absolute Gasteiger partial charge is 0.496 e. The highest BCUT2D eigenvalue weighted by Crippen LogP contribution is 2.17. The summed E-state index contributed by atoms with van der Waals surface area (Å²) >= 11 is 0. The molecule has 5 heteroatoms. The van der Waals surface area contributed by atoms with Gasteiger partial charge in [0.2, 0.25) is 0 Å². The van der Waals surface area contributed by atoms with Crippen LogP contribution in [0.2, 0.25) is 0 Å². The molecule has 0 saturated carbocycles. The molecule has 1 aromatic carbocycles. The molecule has 5 nitrogen and oxygen atoms in total. The fourth-order valence-corrected chi connectivity index (χ4v) is 1.64. The molecule has 0 aliphatic rings. The van der Waals surface area contributed by atoms with Gasteiger partial charge in [0.15, 0.2) is 5.96 Å². The number of para-hydroxylation sites is 1. The molecule has 1 rings (SSSR count). The summed E-state index contributed by atoms with van der Waals surface area (Å²) in [5.74, 6) is 1.59. The van der Waals surface area contributed by atoms with Crippen LogP contribution in [0.3, 0.4) is 0 Å². The van der Waals surface area contributed by atoms with Crippen LogP contribution in [0.4, 0.5) is 0 Å². The van der Waals surface area contributed by atoms with Crippen LogP contribution in [0, 0.1) is 0 Å². The molecule has 1 aromatic rings.